The molecule has 0 saturated heterocycles. The van der Waals surface area contributed by atoms with Crippen molar-refractivity contribution >= 4 is 45.0 Å². The number of fused-ring (bicyclic) bond motifs is 3. The fourth-order valence-electron chi connectivity index (χ4n) is 5.04. The van der Waals surface area contributed by atoms with Crippen molar-refractivity contribution in [3.63, 3.8) is 0 Å². The summed E-state index contributed by atoms with van der Waals surface area (Å²) in [5.41, 5.74) is 1.64. The first-order chi connectivity index (χ1) is 15.3. The summed E-state index contributed by atoms with van der Waals surface area (Å²) in [6.45, 7) is 4.98. The lowest BCUT2D eigenvalue weighted by atomic mass is 9.86. The SMILES string of the molecule is CC1CCC(NC(=O)[C@@]2(C)Cn3c(cc4sccc43)C(=O)N2Cc2ccc(Cl)cc2)CC1. The molecule has 2 aromatic heterocycles. The average molecular weight is 470 g/mol. The van der Waals surface area contributed by atoms with Crippen LogP contribution in [0.3, 0.4) is 0 Å². The molecule has 7 heteroatoms. The van der Waals surface area contributed by atoms with Gasteiger partial charge in [-0.15, -0.1) is 11.3 Å². The lowest BCUT2D eigenvalue weighted by Crippen LogP contribution is -2.64. The van der Waals surface area contributed by atoms with Crippen LogP contribution in [0.5, 0.6) is 0 Å². The Morgan fingerprint density at radius 3 is 2.62 bits per heavy atom. The third-order valence-electron chi connectivity index (χ3n) is 7.14. The van der Waals surface area contributed by atoms with Crippen LogP contribution in [0.1, 0.15) is 55.6 Å². The number of rotatable bonds is 4. The molecule has 32 heavy (non-hydrogen) atoms. The van der Waals surface area contributed by atoms with Crippen molar-refractivity contribution in [2.75, 3.05) is 0 Å². The summed E-state index contributed by atoms with van der Waals surface area (Å²) in [6, 6.07) is 11.7. The van der Waals surface area contributed by atoms with Gasteiger partial charge in [0.05, 0.1) is 16.8 Å². The zero-order chi connectivity index (χ0) is 22.5. The lowest BCUT2D eigenvalue weighted by Gasteiger charge is -2.45. The highest BCUT2D eigenvalue weighted by Gasteiger charge is 2.48. The highest BCUT2D eigenvalue weighted by Crippen LogP contribution is 2.36. The van der Waals surface area contributed by atoms with Crippen LogP contribution in [0.2, 0.25) is 5.02 Å². The fourth-order valence-corrected chi connectivity index (χ4v) is 5.99. The predicted molar refractivity (Wildman–Crippen MR) is 129 cm³/mol. The van der Waals surface area contributed by atoms with Gasteiger partial charge in [0.2, 0.25) is 5.91 Å². The van der Waals surface area contributed by atoms with Gasteiger partial charge in [0, 0.05) is 17.6 Å². The number of thiophene rings is 1. The van der Waals surface area contributed by atoms with Crippen LogP contribution in [0.25, 0.3) is 10.2 Å². The molecule has 1 atom stereocenters. The van der Waals surface area contributed by atoms with Gasteiger partial charge in [-0.3, -0.25) is 9.59 Å². The summed E-state index contributed by atoms with van der Waals surface area (Å²) >= 11 is 7.68. The molecule has 0 bridgehead atoms. The quantitative estimate of drug-likeness (QED) is 0.551. The van der Waals surface area contributed by atoms with E-state index >= 15 is 0 Å². The molecule has 2 aliphatic rings. The zero-order valence-corrected chi connectivity index (χ0v) is 20.0. The zero-order valence-electron chi connectivity index (χ0n) is 18.4. The monoisotopic (exact) mass is 469 g/mol. The van der Waals surface area contributed by atoms with Gasteiger partial charge in [0.25, 0.3) is 5.91 Å². The largest absolute Gasteiger partial charge is 0.351 e. The number of halogens is 1. The number of nitrogens with zero attached hydrogens (tertiary/aromatic N) is 2. The predicted octanol–water partition coefficient (Wildman–Crippen LogP) is 5.47. The van der Waals surface area contributed by atoms with Crippen LogP contribution in [0, 0.1) is 5.92 Å². The van der Waals surface area contributed by atoms with E-state index in [0.717, 1.165) is 41.5 Å². The lowest BCUT2D eigenvalue weighted by molar-refractivity contribution is -0.134. The second-order valence-electron chi connectivity index (χ2n) is 9.51. The normalized spacial score (nSPS) is 25.7. The van der Waals surface area contributed by atoms with Gasteiger partial charge in [-0.05, 0) is 73.7 Å². The van der Waals surface area contributed by atoms with Crippen molar-refractivity contribution in [2.45, 2.75) is 64.2 Å². The standard InChI is InChI=1S/C25H28ClN3O2S/c1-16-3-9-19(10-4-16)27-24(31)25(2)15-28-20-11-12-32-22(20)13-21(28)23(30)29(25)14-17-5-7-18(26)8-6-17/h5-8,11-13,16,19H,3-4,9-10,14-15H2,1-2H3,(H,27,31)/t16?,19?,25-/m1/s1. The molecule has 1 aliphatic carbocycles. The van der Waals surface area contributed by atoms with Crippen LogP contribution in [0.15, 0.2) is 41.8 Å². The molecule has 1 saturated carbocycles. The maximum absolute atomic E-state index is 13.7. The maximum atomic E-state index is 13.7. The summed E-state index contributed by atoms with van der Waals surface area (Å²) in [5.74, 6) is 0.539. The molecule has 0 spiro atoms. The van der Waals surface area contributed by atoms with E-state index in [1.807, 2.05) is 53.3 Å². The number of carbonyl (C=O) groups excluding carboxylic acids is 2. The molecule has 1 fully saturated rings. The number of amides is 2. The second kappa shape index (κ2) is 8.23. The summed E-state index contributed by atoms with van der Waals surface area (Å²) in [5, 5.41) is 5.98. The smallest absolute Gasteiger partial charge is 0.271 e. The molecule has 3 heterocycles. The van der Waals surface area contributed by atoms with E-state index < -0.39 is 5.54 Å². The first kappa shape index (κ1) is 21.5. The Labute approximate surface area is 197 Å². The summed E-state index contributed by atoms with van der Waals surface area (Å²) < 4.78 is 3.10. The van der Waals surface area contributed by atoms with E-state index in [0.29, 0.717) is 29.7 Å². The van der Waals surface area contributed by atoms with Crippen molar-refractivity contribution < 1.29 is 9.59 Å². The molecule has 0 radical (unpaired) electrons. The molecule has 168 valence electrons. The van der Waals surface area contributed by atoms with Crippen molar-refractivity contribution in [3.05, 3.63) is 58.1 Å². The third-order valence-corrected chi connectivity index (χ3v) is 8.25. The Morgan fingerprint density at radius 2 is 1.91 bits per heavy atom. The number of benzene rings is 1. The number of hydrogen-bond donors (Lipinski definition) is 1. The molecular weight excluding hydrogens is 442 g/mol. The molecule has 1 aliphatic heterocycles. The third kappa shape index (κ3) is 3.73. The highest BCUT2D eigenvalue weighted by molar-refractivity contribution is 7.17. The molecule has 5 nitrogen and oxygen atoms in total. The van der Waals surface area contributed by atoms with Gasteiger partial charge >= 0.3 is 0 Å². The number of aromatic nitrogens is 1. The van der Waals surface area contributed by atoms with E-state index in [1.165, 1.54) is 0 Å². The summed E-state index contributed by atoms with van der Waals surface area (Å²) in [7, 11) is 0. The molecule has 2 amide bonds. The fraction of sp³-hybridized carbons (Fsp3) is 0.440. The summed E-state index contributed by atoms with van der Waals surface area (Å²) in [4.78, 5) is 29.2. The van der Waals surface area contributed by atoms with Crippen molar-refractivity contribution in [1.82, 2.24) is 14.8 Å². The van der Waals surface area contributed by atoms with Crippen LogP contribution < -0.4 is 5.32 Å². The van der Waals surface area contributed by atoms with Gasteiger partial charge < -0.3 is 14.8 Å². The maximum Gasteiger partial charge on any atom is 0.271 e. The Balaban J connectivity index is 1.50. The average Bonchev–Trinajstić information content (AvgIpc) is 3.36. The molecule has 1 N–H and O–H groups in total. The number of carbonyl (C=O) groups is 2. The Kier molecular flexibility index (Phi) is 5.54. The molecule has 0 unspecified atom stereocenters. The first-order valence-electron chi connectivity index (χ1n) is 11.3. The number of nitrogens with one attached hydrogen (secondary N) is 1. The molecule has 1 aromatic carbocycles. The van der Waals surface area contributed by atoms with Gasteiger partial charge in [-0.25, -0.2) is 0 Å². The van der Waals surface area contributed by atoms with Crippen LogP contribution in [-0.4, -0.2) is 32.9 Å². The second-order valence-corrected chi connectivity index (χ2v) is 10.9. The van der Waals surface area contributed by atoms with Crippen molar-refractivity contribution in [3.8, 4) is 0 Å². The van der Waals surface area contributed by atoms with E-state index in [4.69, 9.17) is 11.6 Å². The highest BCUT2D eigenvalue weighted by atomic mass is 35.5. The van der Waals surface area contributed by atoms with E-state index in [1.54, 1.807) is 16.2 Å². The Morgan fingerprint density at radius 1 is 1.19 bits per heavy atom. The first-order valence-corrected chi connectivity index (χ1v) is 12.5. The van der Waals surface area contributed by atoms with Crippen molar-refractivity contribution in [1.29, 1.82) is 0 Å². The van der Waals surface area contributed by atoms with E-state index in [2.05, 4.69) is 12.2 Å². The van der Waals surface area contributed by atoms with Crippen LogP contribution in [0.4, 0.5) is 0 Å². The van der Waals surface area contributed by atoms with Gasteiger partial charge in [-0.1, -0.05) is 30.7 Å². The minimum Gasteiger partial charge on any atom is -0.351 e. The topological polar surface area (TPSA) is 54.3 Å². The number of hydrogen-bond acceptors (Lipinski definition) is 3. The van der Waals surface area contributed by atoms with Crippen LogP contribution >= 0.6 is 22.9 Å². The van der Waals surface area contributed by atoms with Gasteiger partial charge in [-0.2, -0.15) is 0 Å². The van der Waals surface area contributed by atoms with E-state index in [9.17, 15) is 9.59 Å². The Bertz CT molecular complexity index is 1160. The molecule has 5 rings (SSSR count). The minimum absolute atomic E-state index is 0.0675. The van der Waals surface area contributed by atoms with Gasteiger partial charge in [0.1, 0.15) is 11.2 Å². The van der Waals surface area contributed by atoms with Gasteiger partial charge in [0.15, 0.2) is 0 Å². The minimum atomic E-state index is -0.985. The van der Waals surface area contributed by atoms with E-state index in [-0.39, 0.29) is 17.9 Å². The van der Waals surface area contributed by atoms with Crippen molar-refractivity contribution in [2.24, 2.45) is 5.92 Å². The molecular formula is C25H28ClN3O2S. The summed E-state index contributed by atoms with van der Waals surface area (Å²) in [6.07, 6.45) is 4.26. The Hall–Kier alpha value is -2.31. The molecule has 3 aromatic rings. The van der Waals surface area contributed by atoms with Crippen LogP contribution in [-0.2, 0) is 17.9 Å².